The number of rotatable bonds is 3. The lowest BCUT2D eigenvalue weighted by molar-refractivity contribution is -0.128. The lowest BCUT2D eigenvalue weighted by Crippen LogP contribution is -2.39. The molecule has 2 amide bonds. The van der Waals surface area contributed by atoms with Gasteiger partial charge in [-0.2, -0.15) is 0 Å². The molecular formula is C8H14N2O2. The summed E-state index contributed by atoms with van der Waals surface area (Å²) in [6, 6.07) is -0.572. The predicted molar refractivity (Wildman–Crippen MR) is 47.0 cm³/mol. The Labute approximate surface area is 72.1 Å². The molecule has 12 heavy (non-hydrogen) atoms. The summed E-state index contributed by atoms with van der Waals surface area (Å²) in [5.41, 5.74) is 0. The van der Waals surface area contributed by atoms with Crippen LogP contribution in [-0.4, -0.2) is 24.6 Å². The second-order valence-electron chi connectivity index (χ2n) is 2.88. The summed E-state index contributed by atoms with van der Waals surface area (Å²) in [4.78, 5) is 25.1. The van der Waals surface area contributed by atoms with Crippen LogP contribution in [0.5, 0.6) is 0 Å². The van der Waals surface area contributed by atoms with Gasteiger partial charge >= 0.3 is 0 Å². The van der Waals surface area contributed by atoms with Crippen LogP contribution >= 0.6 is 0 Å². The van der Waals surface area contributed by atoms with E-state index in [1.165, 1.54) is 0 Å². The van der Waals surface area contributed by atoms with Crippen LogP contribution in [0.3, 0.4) is 0 Å². The van der Waals surface area contributed by atoms with Crippen molar-refractivity contribution in [2.24, 2.45) is 10.9 Å². The second kappa shape index (κ2) is 4.64. The van der Waals surface area contributed by atoms with Crippen LogP contribution in [0.25, 0.3) is 0 Å². The smallest absolute Gasteiger partial charge is 0.267 e. The van der Waals surface area contributed by atoms with Crippen molar-refractivity contribution in [3.05, 3.63) is 0 Å². The Morgan fingerprint density at radius 2 is 1.83 bits per heavy atom. The van der Waals surface area contributed by atoms with Crippen LogP contribution in [0, 0.1) is 5.92 Å². The molecule has 0 radical (unpaired) electrons. The van der Waals surface area contributed by atoms with E-state index in [0.29, 0.717) is 0 Å². The molecule has 0 saturated heterocycles. The highest BCUT2D eigenvalue weighted by atomic mass is 16.2. The minimum Gasteiger partial charge on any atom is -0.344 e. The zero-order chi connectivity index (χ0) is 9.72. The van der Waals surface area contributed by atoms with E-state index in [9.17, 15) is 9.59 Å². The fourth-order valence-corrected chi connectivity index (χ4v) is 0.579. The van der Waals surface area contributed by atoms with E-state index in [1.807, 2.05) is 0 Å². The number of carbonyl (C=O) groups is 2. The molecule has 0 heterocycles. The molecule has 0 aromatic carbocycles. The Bertz CT molecular complexity index is 199. The molecule has 0 aromatic heterocycles. The third-order valence-corrected chi connectivity index (χ3v) is 1.41. The summed E-state index contributed by atoms with van der Waals surface area (Å²) in [6.45, 7) is 8.18. The molecule has 1 N–H and O–H groups in total. The van der Waals surface area contributed by atoms with E-state index >= 15 is 0 Å². The van der Waals surface area contributed by atoms with Crippen molar-refractivity contribution in [1.29, 1.82) is 0 Å². The molecule has 0 fully saturated rings. The van der Waals surface area contributed by atoms with E-state index in [1.54, 1.807) is 20.8 Å². The molecule has 68 valence electrons. The summed E-state index contributed by atoms with van der Waals surface area (Å²) in [5.74, 6) is -0.687. The average molecular weight is 170 g/mol. The highest BCUT2D eigenvalue weighted by Gasteiger charge is 2.15. The Balaban J connectivity index is 4.00. The van der Waals surface area contributed by atoms with Crippen molar-refractivity contribution in [1.82, 2.24) is 5.32 Å². The first-order valence-electron chi connectivity index (χ1n) is 3.80. The third kappa shape index (κ3) is 3.27. The second-order valence-corrected chi connectivity index (χ2v) is 2.88. The standard InChI is InChI=1S/C8H14N2O2/c1-5(2)7(11)10-6(3)8(12)9-4/h5-6H,4H2,1-3H3,(H,10,11). The monoisotopic (exact) mass is 170 g/mol. The van der Waals surface area contributed by atoms with Gasteiger partial charge in [0.1, 0.15) is 6.04 Å². The summed E-state index contributed by atoms with van der Waals surface area (Å²) in [5, 5.41) is 2.51. The Hall–Kier alpha value is -1.19. The van der Waals surface area contributed by atoms with Crippen molar-refractivity contribution in [2.75, 3.05) is 0 Å². The average Bonchev–Trinajstić information content (AvgIpc) is 2.02. The maximum absolute atomic E-state index is 11.0. The summed E-state index contributed by atoms with van der Waals surface area (Å²) in [7, 11) is 0. The summed E-state index contributed by atoms with van der Waals surface area (Å²) in [6.07, 6.45) is 0. The largest absolute Gasteiger partial charge is 0.344 e. The molecule has 4 nitrogen and oxygen atoms in total. The van der Waals surface area contributed by atoms with Crippen molar-refractivity contribution in [2.45, 2.75) is 26.8 Å². The molecule has 0 bridgehead atoms. The van der Waals surface area contributed by atoms with Crippen LogP contribution in [-0.2, 0) is 9.59 Å². The number of nitrogens with one attached hydrogen (secondary N) is 1. The maximum Gasteiger partial charge on any atom is 0.267 e. The number of aliphatic imine (C=N–C) groups is 1. The van der Waals surface area contributed by atoms with Crippen LogP contribution in [0.2, 0.25) is 0 Å². The minimum absolute atomic E-state index is 0.120. The third-order valence-electron chi connectivity index (χ3n) is 1.41. The molecule has 0 aliphatic heterocycles. The molecular weight excluding hydrogens is 156 g/mol. The molecule has 0 rings (SSSR count). The predicted octanol–water partition coefficient (Wildman–Crippen LogP) is 0.374. The van der Waals surface area contributed by atoms with E-state index < -0.39 is 11.9 Å². The van der Waals surface area contributed by atoms with Gasteiger partial charge in [-0.3, -0.25) is 9.59 Å². The summed E-state index contributed by atoms with van der Waals surface area (Å²) >= 11 is 0. The van der Waals surface area contributed by atoms with Crippen molar-refractivity contribution < 1.29 is 9.59 Å². The van der Waals surface area contributed by atoms with Crippen LogP contribution in [0.4, 0.5) is 0 Å². The fraction of sp³-hybridized carbons (Fsp3) is 0.625. The fourth-order valence-electron chi connectivity index (χ4n) is 0.579. The van der Waals surface area contributed by atoms with Gasteiger partial charge in [0, 0.05) is 5.92 Å². The van der Waals surface area contributed by atoms with Gasteiger partial charge in [-0.25, -0.2) is 4.99 Å². The highest BCUT2D eigenvalue weighted by Crippen LogP contribution is 1.93. The Kier molecular flexibility index (Phi) is 4.18. The van der Waals surface area contributed by atoms with Gasteiger partial charge in [0.15, 0.2) is 0 Å². The van der Waals surface area contributed by atoms with Crippen molar-refractivity contribution in [3.63, 3.8) is 0 Å². The summed E-state index contributed by atoms with van der Waals surface area (Å²) < 4.78 is 0. The van der Waals surface area contributed by atoms with Gasteiger partial charge in [-0.1, -0.05) is 13.8 Å². The van der Waals surface area contributed by atoms with Gasteiger partial charge in [0.05, 0.1) is 0 Å². The number of carbonyl (C=O) groups excluding carboxylic acids is 2. The number of hydrogen-bond acceptors (Lipinski definition) is 2. The first kappa shape index (κ1) is 10.8. The normalized spacial score (nSPS) is 12.3. The van der Waals surface area contributed by atoms with Gasteiger partial charge in [-0.15, -0.1) is 0 Å². The van der Waals surface area contributed by atoms with Crippen LogP contribution < -0.4 is 5.32 Å². The molecule has 1 unspecified atom stereocenters. The molecule has 0 aromatic rings. The lowest BCUT2D eigenvalue weighted by Gasteiger charge is -2.11. The van der Waals surface area contributed by atoms with Gasteiger partial charge in [0.25, 0.3) is 5.91 Å². The first-order chi connectivity index (χ1) is 5.49. The van der Waals surface area contributed by atoms with Crippen molar-refractivity contribution in [3.8, 4) is 0 Å². The van der Waals surface area contributed by atoms with Crippen LogP contribution in [0.1, 0.15) is 20.8 Å². The van der Waals surface area contributed by atoms with Gasteiger partial charge in [-0.05, 0) is 13.6 Å². The van der Waals surface area contributed by atoms with Gasteiger partial charge < -0.3 is 5.32 Å². The van der Waals surface area contributed by atoms with E-state index in [-0.39, 0.29) is 11.8 Å². The Morgan fingerprint density at radius 1 is 1.33 bits per heavy atom. The molecule has 0 aliphatic carbocycles. The Morgan fingerprint density at radius 3 is 2.17 bits per heavy atom. The van der Waals surface area contributed by atoms with E-state index in [4.69, 9.17) is 0 Å². The number of nitrogens with zero attached hydrogens (tertiary/aromatic N) is 1. The highest BCUT2D eigenvalue weighted by molar-refractivity contribution is 5.90. The van der Waals surface area contributed by atoms with E-state index in [2.05, 4.69) is 17.0 Å². The maximum atomic E-state index is 11.0. The zero-order valence-corrected chi connectivity index (χ0v) is 7.63. The van der Waals surface area contributed by atoms with Crippen LogP contribution in [0.15, 0.2) is 4.99 Å². The van der Waals surface area contributed by atoms with E-state index in [0.717, 1.165) is 0 Å². The molecule has 0 spiro atoms. The zero-order valence-electron chi connectivity index (χ0n) is 7.63. The number of amides is 2. The SMILES string of the molecule is C=NC(=O)C(C)NC(=O)C(C)C. The number of hydrogen-bond donors (Lipinski definition) is 1. The first-order valence-corrected chi connectivity index (χ1v) is 3.80. The van der Waals surface area contributed by atoms with Gasteiger partial charge in [0.2, 0.25) is 5.91 Å². The lowest BCUT2D eigenvalue weighted by atomic mass is 10.2. The molecule has 0 aliphatic rings. The minimum atomic E-state index is -0.572. The topological polar surface area (TPSA) is 58.5 Å². The molecule has 1 atom stereocenters. The van der Waals surface area contributed by atoms with Crippen molar-refractivity contribution >= 4 is 18.5 Å². The molecule has 4 heteroatoms. The quantitative estimate of drug-likeness (QED) is 0.622. The molecule has 0 saturated carbocycles.